The summed E-state index contributed by atoms with van der Waals surface area (Å²) in [6.07, 6.45) is 25.6. The SMILES string of the molecule is C1CCC2C3NC(NC4NC(NC5NC(NC6NC(N3)C3CCCCC63)C3CCCCC53)C3CCCCC43)C2C1.O=C([O][GeH2][O]C(=O)C(Cl)(Cl)Cl)C(Cl)(Cl)Cl. The molecule has 4 aliphatic carbocycles. The Morgan fingerprint density at radius 3 is 0.673 bits per heavy atom. The van der Waals surface area contributed by atoms with Gasteiger partial charge in [-0.05, 0) is 98.7 Å². The number of halogens is 6. The molecular formula is C36H58Cl6GeN8O4. The third kappa shape index (κ3) is 9.54. The standard InChI is InChI=1S/C32H56N8.C4H2Cl6GeO4/c1-2-10-18-17(9-1)25-33-26(18)38-28-21-13-5-6-14-22(21)30(35-28)40-32-24-16-8-7-15-23(24)31(36-32)39-29-20-12-4-3-11-19(20)27(34-29)37-25;5-3(6,7)1(12)14-11-15-2(13)4(8,9)10/h17-40H,1-16H2;11H2. The minimum atomic E-state index is -2.48. The molecule has 0 aromatic rings. The summed E-state index contributed by atoms with van der Waals surface area (Å²) in [5.74, 6) is 3.70. The molecule has 9 aliphatic rings. The van der Waals surface area contributed by atoms with E-state index >= 15 is 0 Å². The maximum absolute atomic E-state index is 10.8. The molecule has 8 atom stereocenters. The van der Waals surface area contributed by atoms with Gasteiger partial charge >= 0.3 is 122 Å². The number of rotatable bonds is 2. The van der Waals surface area contributed by atoms with E-state index in [1.807, 2.05) is 0 Å². The fourth-order valence-corrected chi connectivity index (χ4v) is 15.2. The third-order valence-corrected chi connectivity index (χ3v) is 17.2. The molecule has 0 spiro atoms. The van der Waals surface area contributed by atoms with E-state index < -0.39 is 35.6 Å². The van der Waals surface area contributed by atoms with Crippen LogP contribution in [0.2, 0.25) is 0 Å². The number of fused-ring (bicyclic) bond motifs is 20. The Labute approximate surface area is 362 Å². The van der Waals surface area contributed by atoms with Crippen molar-refractivity contribution in [3.63, 3.8) is 0 Å². The summed E-state index contributed by atoms with van der Waals surface area (Å²) in [7, 11) is 0. The summed E-state index contributed by atoms with van der Waals surface area (Å²) in [6, 6.07) is 0. The van der Waals surface area contributed by atoms with Crippen molar-refractivity contribution >= 4 is 97.6 Å². The molecule has 8 N–H and O–H groups in total. The van der Waals surface area contributed by atoms with E-state index in [1.165, 1.54) is 103 Å². The summed E-state index contributed by atoms with van der Waals surface area (Å²) in [5, 5.41) is 33.8. The van der Waals surface area contributed by atoms with Crippen molar-refractivity contribution in [3.8, 4) is 0 Å². The fourth-order valence-electron chi connectivity index (χ4n) is 12.3. The topological polar surface area (TPSA) is 149 Å². The average Bonchev–Trinajstić information content (AvgIpc) is 3.90. The summed E-state index contributed by atoms with van der Waals surface area (Å²) < 4.78 is 4.39. The van der Waals surface area contributed by atoms with Crippen LogP contribution in [0.4, 0.5) is 0 Å². The van der Waals surface area contributed by atoms with E-state index in [9.17, 15) is 9.59 Å². The molecule has 12 nitrogen and oxygen atoms in total. The molecule has 0 amide bonds. The Hall–Kier alpha value is 0.903. The first-order valence-corrected chi connectivity index (χ1v) is 25.6. The number of nitrogens with one attached hydrogen (secondary N) is 8. The van der Waals surface area contributed by atoms with Crippen molar-refractivity contribution in [2.45, 2.75) is 160 Å². The predicted molar refractivity (Wildman–Crippen MR) is 218 cm³/mol. The van der Waals surface area contributed by atoms with Crippen LogP contribution in [0.5, 0.6) is 0 Å². The molecule has 9 rings (SSSR count). The van der Waals surface area contributed by atoms with E-state index in [0.29, 0.717) is 49.3 Å². The normalized spacial score (nSPS) is 45.2. The zero-order valence-corrected chi connectivity index (χ0v) is 38.7. The van der Waals surface area contributed by atoms with Gasteiger partial charge in [-0.3, -0.25) is 42.5 Å². The van der Waals surface area contributed by atoms with Crippen LogP contribution in [0.3, 0.4) is 0 Å². The second kappa shape index (κ2) is 18.1. The molecule has 5 heterocycles. The van der Waals surface area contributed by atoms with Crippen molar-refractivity contribution in [1.82, 2.24) is 42.5 Å². The quantitative estimate of drug-likeness (QED) is 0.147. The average molecular weight is 952 g/mol. The molecule has 19 heteroatoms. The molecule has 9 fully saturated rings. The summed E-state index contributed by atoms with van der Waals surface area (Å²) in [6.45, 7) is 0. The Balaban J connectivity index is 0.000000245. The molecule has 5 aliphatic heterocycles. The zero-order valence-electron chi connectivity index (χ0n) is 31.2. The third-order valence-electron chi connectivity index (χ3n) is 14.6. The maximum atomic E-state index is 10.8. The van der Waals surface area contributed by atoms with Crippen LogP contribution in [0, 0.1) is 47.3 Å². The van der Waals surface area contributed by atoms with Gasteiger partial charge < -0.3 is 0 Å². The molecule has 8 bridgehead atoms. The molecule has 312 valence electrons. The van der Waals surface area contributed by atoms with Crippen LogP contribution in [0.25, 0.3) is 0 Å². The van der Waals surface area contributed by atoms with Crippen molar-refractivity contribution in [1.29, 1.82) is 0 Å². The van der Waals surface area contributed by atoms with E-state index in [-0.39, 0.29) is 0 Å². The zero-order chi connectivity index (χ0) is 38.5. The van der Waals surface area contributed by atoms with Crippen LogP contribution in [0.15, 0.2) is 0 Å². The van der Waals surface area contributed by atoms with Gasteiger partial charge in [0.05, 0.1) is 49.3 Å². The van der Waals surface area contributed by atoms with Crippen molar-refractivity contribution in [3.05, 3.63) is 0 Å². The second-order valence-electron chi connectivity index (χ2n) is 17.6. The van der Waals surface area contributed by atoms with Crippen LogP contribution in [-0.2, 0) is 17.1 Å². The van der Waals surface area contributed by atoms with Crippen molar-refractivity contribution in [2.24, 2.45) is 47.3 Å². The first-order valence-electron chi connectivity index (χ1n) is 20.9. The number of alkyl halides is 6. The number of hydrogen-bond donors (Lipinski definition) is 8. The molecule has 5 saturated heterocycles. The monoisotopic (exact) mass is 950 g/mol. The van der Waals surface area contributed by atoms with Gasteiger partial charge in [0, 0.05) is 0 Å². The Morgan fingerprint density at radius 1 is 0.364 bits per heavy atom. The second-order valence-corrected chi connectivity index (χ2v) is 23.8. The first-order chi connectivity index (χ1) is 26.3. The van der Waals surface area contributed by atoms with E-state index in [1.54, 1.807) is 0 Å². The Morgan fingerprint density at radius 2 is 0.527 bits per heavy atom. The molecule has 55 heavy (non-hydrogen) atoms. The van der Waals surface area contributed by atoms with Gasteiger partial charge in [0.2, 0.25) is 0 Å². The van der Waals surface area contributed by atoms with Gasteiger partial charge in [-0.2, -0.15) is 0 Å². The van der Waals surface area contributed by atoms with E-state index in [2.05, 4.69) is 50.1 Å². The van der Waals surface area contributed by atoms with Gasteiger partial charge in [-0.15, -0.1) is 0 Å². The van der Waals surface area contributed by atoms with Gasteiger partial charge in [-0.25, -0.2) is 0 Å². The minimum absolute atomic E-state index is 0.420. The Bertz CT molecular complexity index is 1140. The predicted octanol–water partition coefficient (Wildman–Crippen LogP) is 4.42. The molecule has 0 radical (unpaired) electrons. The summed E-state index contributed by atoms with van der Waals surface area (Å²) in [5.41, 5.74) is 0. The van der Waals surface area contributed by atoms with Gasteiger partial charge in [0.15, 0.2) is 0 Å². The van der Waals surface area contributed by atoms with Crippen molar-refractivity contribution in [2.75, 3.05) is 0 Å². The van der Waals surface area contributed by atoms with Gasteiger partial charge in [0.1, 0.15) is 0 Å². The van der Waals surface area contributed by atoms with Gasteiger partial charge in [0.25, 0.3) is 0 Å². The molecule has 4 saturated carbocycles. The van der Waals surface area contributed by atoms with Crippen LogP contribution in [-0.4, -0.2) is 85.0 Å². The molecular weight excluding hydrogens is 894 g/mol. The summed E-state index contributed by atoms with van der Waals surface area (Å²) in [4.78, 5) is 21.7. The number of carbonyl (C=O) groups is 2. The van der Waals surface area contributed by atoms with Crippen LogP contribution < -0.4 is 42.5 Å². The van der Waals surface area contributed by atoms with E-state index in [4.69, 9.17) is 69.6 Å². The Kier molecular flexibility index (Phi) is 14.0. The van der Waals surface area contributed by atoms with Gasteiger partial charge in [-0.1, -0.05) is 51.4 Å². The number of hydrogen-bond acceptors (Lipinski definition) is 12. The van der Waals surface area contributed by atoms with Crippen LogP contribution >= 0.6 is 69.6 Å². The van der Waals surface area contributed by atoms with E-state index in [0.717, 1.165) is 47.3 Å². The molecule has 0 aromatic heterocycles. The molecule has 8 unspecified atom stereocenters. The fraction of sp³-hybridized carbons (Fsp3) is 0.944. The van der Waals surface area contributed by atoms with Crippen LogP contribution in [0.1, 0.15) is 103 Å². The summed E-state index contributed by atoms with van der Waals surface area (Å²) >= 11 is 28.5. The van der Waals surface area contributed by atoms with Crippen molar-refractivity contribution < 1.29 is 17.1 Å². The molecule has 0 aromatic carbocycles. The number of carbonyl (C=O) groups excluding carboxylic acids is 2. The first kappa shape index (κ1) is 42.6.